The van der Waals surface area contributed by atoms with E-state index in [0.29, 0.717) is 0 Å². The summed E-state index contributed by atoms with van der Waals surface area (Å²) in [5.41, 5.74) is 8.53. The molecule has 0 N–H and O–H groups in total. The minimum Gasteiger partial charge on any atom is -0.464 e. The number of pyridine rings is 1. The molecular formula is C31H28NO3+. The van der Waals surface area contributed by atoms with E-state index >= 15 is 0 Å². The van der Waals surface area contributed by atoms with Gasteiger partial charge in [-0.1, -0.05) is 32.9 Å². The third-order valence-corrected chi connectivity index (χ3v) is 7.41. The minimum atomic E-state index is 0.213. The highest BCUT2D eigenvalue weighted by Crippen LogP contribution is 2.53. The molecule has 0 saturated heterocycles. The van der Waals surface area contributed by atoms with Crippen LogP contribution in [-0.2, 0) is 13.5 Å². The van der Waals surface area contributed by atoms with E-state index in [9.17, 15) is 0 Å². The van der Waals surface area contributed by atoms with Crippen LogP contribution in [-0.4, -0.2) is 0 Å². The van der Waals surface area contributed by atoms with Gasteiger partial charge in [-0.05, 0) is 54.8 Å². The molecule has 4 nitrogen and oxygen atoms in total. The molecule has 3 aromatic carbocycles. The number of benzene rings is 3. The zero-order valence-electron chi connectivity index (χ0n) is 21.0. The van der Waals surface area contributed by atoms with Gasteiger partial charge in [-0.25, -0.2) is 4.57 Å². The second kappa shape index (κ2) is 6.66. The normalized spacial score (nSPS) is 13.2. The Morgan fingerprint density at radius 1 is 0.857 bits per heavy atom. The van der Waals surface area contributed by atoms with Crippen molar-refractivity contribution in [1.82, 2.24) is 0 Å². The molecule has 0 atom stereocenters. The van der Waals surface area contributed by atoms with Crippen molar-refractivity contribution in [3.8, 4) is 22.8 Å². The molecule has 0 unspecified atom stereocenters. The van der Waals surface area contributed by atoms with E-state index in [4.69, 9.17) is 13.6 Å². The summed E-state index contributed by atoms with van der Waals surface area (Å²) in [7, 11) is 2.09. The van der Waals surface area contributed by atoms with Crippen LogP contribution in [0.15, 0.2) is 57.7 Å². The van der Waals surface area contributed by atoms with Crippen LogP contribution in [0, 0.1) is 19.3 Å². The van der Waals surface area contributed by atoms with Crippen LogP contribution < -0.4 is 9.30 Å². The van der Waals surface area contributed by atoms with Crippen molar-refractivity contribution in [3.05, 3.63) is 65.5 Å². The number of aryl methyl sites for hydroxylation is 3. The van der Waals surface area contributed by atoms with Gasteiger partial charge in [0, 0.05) is 33.4 Å². The molecule has 0 aliphatic carbocycles. The third-order valence-electron chi connectivity index (χ3n) is 7.41. The number of fused-ring (bicyclic) bond motifs is 7. The Morgan fingerprint density at radius 2 is 1.69 bits per heavy atom. The Kier molecular flexibility index (Phi) is 3.91. The Labute approximate surface area is 203 Å². The Balaban J connectivity index is 1.59. The molecule has 3 aromatic heterocycles. The highest BCUT2D eigenvalue weighted by molar-refractivity contribution is 6.17. The Hall–Kier alpha value is -3.79. The molecule has 1 aliphatic heterocycles. The summed E-state index contributed by atoms with van der Waals surface area (Å²) in [5, 5.41) is 5.52. The first-order chi connectivity index (χ1) is 16.7. The predicted octanol–water partition coefficient (Wildman–Crippen LogP) is 8.29. The van der Waals surface area contributed by atoms with Gasteiger partial charge in [-0.15, -0.1) is 0 Å². The van der Waals surface area contributed by atoms with Crippen LogP contribution >= 0.6 is 0 Å². The van der Waals surface area contributed by atoms with Gasteiger partial charge in [0.2, 0.25) is 5.69 Å². The zero-order valence-corrected chi connectivity index (χ0v) is 21.0. The molecule has 0 saturated carbocycles. The van der Waals surface area contributed by atoms with Gasteiger partial charge in [0.1, 0.15) is 29.3 Å². The molecule has 0 radical (unpaired) electrons. The predicted molar refractivity (Wildman–Crippen MR) is 140 cm³/mol. The average molecular weight is 463 g/mol. The molecule has 4 heteroatoms. The molecule has 35 heavy (non-hydrogen) atoms. The van der Waals surface area contributed by atoms with E-state index in [2.05, 4.69) is 82.8 Å². The largest absolute Gasteiger partial charge is 0.464 e. The summed E-state index contributed by atoms with van der Waals surface area (Å²) in [6.45, 7) is 11.0. The lowest BCUT2D eigenvalue weighted by Gasteiger charge is -2.22. The van der Waals surface area contributed by atoms with Gasteiger partial charge in [0.05, 0.1) is 11.8 Å². The summed E-state index contributed by atoms with van der Waals surface area (Å²) in [6, 6.07) is 13.1. The van der Waals surface area contributed by atoms with Crippen molar-refractivity contribution in [1.29, 1.82) is 0 Å². The van der Waals surface area contributed by atoms with Gasteiger partial charge in [-0.3, -0.25) is 0 Å². The molecule has 0 amide bonds. The number of hydrogen-bond donors (Lipinski definition) is 0. The van der Waals surface area contributed by atoms with Crippen molar-refractivity contribution in [2.45, 2.75) is 41.0 Å². The second-order valence-corrected chi connectivity index (χ2v) is 11.2. The Bertz CT molecular complexity index is 1860. The summed E-state index contributed by atoms with van der Waals surface area (Å²) < 4.78 is 21.4. The first-order valence-electron chi connectivity index (χ1n) is 12.2. The molecule has 4 heterocycles. The Morgan fingerprint density at radius 3 is 2.49 bits per heavy atom. The van der Waals surface area contributed by atoms with Crippen LogP contribution in [0.5, 0.6) is 11.5 Å². The summed E-state index contributed by atoms with van der Waals surface area (Å²) in [4.78, 5) is 0. The van der Waals surface area contributed by atoms with Crippen molar-refractivity contribution < 1.29 is 18.1 Å². The smallest absolute Gasteiger partial charge is 0.228 e. The highest BCUT2D eigenvalue weighted by atomic mass is 16.5. The molecule has 7 rings (SSSR count). The third kappa shape index (κ3) is 2.77. The molecule has 1 aliphatic rings. The number of hydrogen-bond acceptors (Lipinski definition) is 3. The SMILES string of the molecule is Cc1c2c(c(C)c3occc13)-c1c3c(c4oc5cc(CC(C)(C)C)ccc5c4cc3cc[n+]1C)O2. The molecule has 174 valence electrons. The first-order valence-corrected chi connectivity index (χ1v) is 12.2. The number of nitrogens with zero attached hydrogens (tertiary/aromatic N) is 1. The first kappa shape index (κ1) is 20.6. The van der Waals surface area contributed by atoms with Gasteiger partial charge in [0.15, 0.2) is 17.5 Å². The van der Waals surface area contributed by atoms with Gasteiger partial charge >= 0.3 is 0 Å². The van der Waals surface area contributed by atoms with Crippen molar-refractivity contribution >= 4 is 43.7 Å². The standard InChI is InChI=1S/C31H28NO3/c1-16-20-10-12-33-27(20)17(2)24-26-25-19(9-11-32(26)6)14-22-21-8-7-18(15-31(3,4)5)13-23(21)34-29(22)30(25)35-28(16)24/h7-14H,15H2,1-6H3/q+1. The zero-order chi connectivity index (χ0) is 24.2. The van der Waals surface area contributed by atoms with E-state index < -0.39 is 0 Å². The molecule has 0 spiro atoms. The fraction of sp³-hybridized carbons (Fsp3) is 0.258. The maximum Gasteiger partial charge on any atom is 0.228 e. The van der Waals surface area contributed by atoms with E-state index in [0.717, 1.165) is 84.0 Å². The minimum absolute atomic E-state index is 0.213. The lowest BCUT2D eigenvalue weighted by atomic mass is 9.88. The highest BCUT2D eigenvalue weighted by Gasteiger charge is 2.35. The average Bonchev–Trinajstić information content (AvgIpc) is 3.43. The molecular weight excluding hydrogens is 434 g/mol. The fourth-order valence-electron chi connectivity index (χ4n) is 5.89. The number of rotatable bonds is 1. The maximum absolute atomic E-state index is 6.80. The van der Waals surface area contributed by atoms with E-state index in [1.54, 1.807) is 6.26 Å². The summed E-state index contributed by atoms with van der Waals surface area (Å²) in [5.74, 6) is 1.68. The van der Waals surface area contributed by atoms with Crippen molar-refractivity contribution in [2.75, 3.05) is 0 Å². The van der Waals surface area contributed by atoms with Crippen LogP contribution in [0.1, 0.15) is 37.5 Å². The number of ether oxygens (including phenoxy) is 1. The van der Waals surface area contributed by atoms with E-state index in [1.807, 2.05) is 6.07 Å². The maximum atomic E-state index is 6.80. The van der Waals surface area contributed by atoms with Crippen molar-refractivity contribution in [3.63, 3.8) is 0 Å². The van der Waals surface area contributed by atoms with Gasteiger partial charge in [-0.2, -0.15) is 0 Å². The second-order valence-electron chi connectivity index (χ2n) is 11.2. The van der Waals surface area contributed by atoms with Gasteiger partial charge in [0.25, 0.3) is 0 Å². The molecule has 0 bridgehead atoms. The number of furan rings is 2. The molecule has 6 aromatic rings. The fourth-order valence-corrected chi connectivity index (χ4v) is 5.89. The van der Waals surface area contributed by atoms with Gasteiger partial charge < -0.3 is 13.6 Å². The lowest BCUT2D eigenvalue weighted by Crippen LogP contribution is -2.32. The topological polar surface area (TPSA) is 39.4 Å². The van der Waals surface area contributed by atoms with E-state index in [-0.39, 0.29) is 5.41 Å². The monoisotopic (exact) mass is 462 g/mol. The lowest BCUT2D eigenvalue weighted by molar-refractivity contribution is -0.659. The quantitative estimate of drug-likeness (QED) is 0.230. The number of aromatic nitrogens is 1. The van der Waals surface area contributed by atoms with Crippen LogP contribution in [0.4, 0.5) is 0 Å². The van der Waals surface area contributed by atoms with Crippen molar-refractivity contribution in [2.24, 2.45) is 12.5 Å². The molecule has 0 fully saturated rings. The van der Waals surface area contributed by atoms with E-state index in [1.165, 1.54) is 5.56 Å². The summed E-state index contributed by atoms with van der Waals surface area (Å²) in [6.07, 6.45) is 4.89. The van der Waals surface area contributed by atoms with Crippen LogP contribution in [0.25, 0.3) is 54.9 Å². The van der Waals surface area contributed by atoms with Crippen LogP contribution in [0.2, 0.25) is 0 Å². The summed E-state index contributed by atoms with van der Waals surface area (Å²) >= 11 is 0. The van der Waals surface area contributed by atoms with Crippen LogP contribution in [0.3, 0.4) is 0 Å².